The molecular formula is C35H39N3O5S. The maximum Gasteiger partial charge on any atom is 0.243 e. The summed E-state index contributed by atoms with van der Waals surface area (Å²) in [6.07, 6.45) is 0.804. The normalized spacial score (nSPS) is 15.5. The zero-order chi connectivity index (χ0) is 31.1. The van der Waals surface area contributed by atoms with Gasteiger partial charge >= 0.3 is 0 Å². The van der Waals surface area contributed by atoms with Crippen LogP contribution in [0.15, 0.2) is 108 Å². The van der Waals surface area contributed by atoms with Crippen LogP contribution in [0.1, 0.15) is 23.6 Å². The van der Waals surface area contributed by atoms with E-state index in [4.69, 9.17) is 9.47 Å². The molecule has 0 aromatic heterocycles. The van der Waals surface area contributed by atoms with Crippen LogP contribution in [-0.2, 0) is 34.3 Å². The summed E-state index contributed by atoms with van der Waals surface area (Å²) in [5, 5.41) is 0. The molecular weight excluding hydrogens is 574 g/mol. The fourth-order valence-electron chi connectivity index (χ4n) is 5.53. The van der Waals surface area contributed by atoms with Gasteiger partial charge in [-0.3, -0.25) is 4.79 Å². The van der Waals surface area contributed by atoms with E-state index < -0.39 is 16.1 Å². The Kier molecular flexibility index (Phi) is 9.87. The third-order valence-corrected chi connectivity index (χ3v) is 9.92. The van der Waals surface area contributed by atoms with Crippen LogP contribution < -0.4 is 14.4 Å². The quantitative estimate of drug-likeness (QED) is 0.226. The van der Waals surface area contributed by atoms with Crippen LogP contribution in [0.5, 0.6) is 11.5 Å². The van der Waals surface area contributed by atoms with E-state index in [9.17, 15) is 13.2 Å². The molecule has 9 heteroatoms. The highest BCUT2D eigenvalue weighted by Crippen LogP contribution is 2.32. The van der Waals surface area contributed by atoms with Gasteiger partial charge in [-0.2, -0.15) is 4.31 Å². The summed E-state index contributed by atoms with van der Waals surface area (Å²) in [5.41, 5.74) is 3.77. The number of aryl methyl sites for hydroxylation is 1. The Balaban J connectivity index is 1.54. The summed E-state index contributed by atoms with van der Waals surface area (Å²) in [4.78, 5) is 18.6. The van der Waals surface area contributed by atoms with E-state index >= 15 is 0 Å². The number of hydrogen-bond acceptors (Lipinski definition) is 6. The molecule has 44 heavy (non-hydrogen) atoms. The van der Waals surface area contributed by atoms with Gasteiger partial charge in [0, 0.05) is 56.6 Å². The van der Waals surface area contributed by atoms with Gasteiger partial charge in [0.2, 0.25) is 15.9 Å². The molecule has 1 amide bonds. The Hall–Kier alpha value is -4.34. The first-order valence-electron chi connectivity index (χ1n) is 14.8. The Labute approximate surface area is 260 Å². The van der Waals surface area contributed by atoms with Crippen molar-refractivity contribution in [2.75, 3.05) is 38.8 Å². The van der Waals surface area contributed by atoms with Crippen molar-refractivity contribution >= 4 is 21.6 Å². The number of hydrogen-bond donors (Lipinski definition) is 0. The van der Waals surface area contributed by atoms with E-state index in [0.29, 0.717) is 31.1 Å². The molecule has 1 fully saturated rings. The van der Waals surface area contributed by atoms with E-state index in [1.165, 1.54) is 4.31 Å². The van der Waals surface area contributed by atoms with Crippen molar-refractivity contribution in [3.63, 3.8) is 0 Å². The second kappa shape index (κ2) is 14.0. The molecule has 0 spiro atoms. The third kappa shape index (κ3) is 7.06. The van der Waals surface area contributed by atoms with Crippen LogP contribution >= 0.6 is 0 Å². The molecule has 5 rings (SSSR count). The van der Waals surface area contributed by atoms with Gasteiger partial charge in [-0.05, 0) is 35.2 Å². The number of benzene rings is 4. The first-order valence-corrected chi connectivity index (χ1v) is 16.2. The minimum absolute atomic E-state index is 0.137. The molecule has 1 atom stereocenters. The molecule has 4 aromatic rings. The minimum atomic E-state index is -3.98. The lowest BCUT2D eigenvalue weighted by Gasteiger charge is -2.42. The smallest absolute Gasteiger partial charge is 0.243 e. The highest BCUT2D eigenvalue weighted by Gasteiger charge is 2.42. The average Bonchev–Trinajstić information content (AvgIpc) is 3.08. The number of methoxy groups -OCH3 is 2. The topological polar surface area (TPSA) is 79.4 Å². The number of sulfonamides is 1. The molecule has 8 nitrogen and oxygen atoms in total. The highest BCUT2D eigenvalue weighted by atomic mass is 32.2. The molecule has 1 saturated heterocycles. The van der Waals surface area contributed by atoms with Crippen molar-refractivity contribution in [2.45, 2.75) is 37.4 Å². The Bertz CT molecular complexity index is 1580. The summed E-state index contributed by atoms with van der Waals surface area (Å²) >= 11 is 0. The summed E-state index contributed by atoms with van der Waals surface area (Å²) in [7, 11) is -0.807. The van der Waals surface area contributed by atoms with E-state index in [-0.39, 0.29) is 23.9 Å². The zero-order valence-corrected chi connectivity index (χ0v) is 26.2. The van der Waals surface area contributed by atoms with Crippen LogP contribution in [-0.4, -0.2) is 63.4 Å². The zero-order valence-electron chi connectivity index (χ0n) is 25.4. The van der Waals surface area contributed by atoms with Crippen molar-refractivity contribution in [3.05, 3.63) is 120 Å². The lowest BCUT2D eigenvalue weighted by molar-refractivity contribution is -0.136. The predicted octanol–water partition coefficient (Wildman–Crippen LogP) is 5.37. The monoisotopic (exact) mass is 613 g/mol. The number of piperazine rings is 1. The Morgan fingerprint density at radius 2 is 1.32 bits per heavy atom. The van der Waals surface area contributed by atoms with Crippen LogP contribution in [0.2, 0.25) is 0 Å². The number of carbonyl (C=O) groups excluding carboxylic acids is 1. The van der Waals surface area contributed by atoms with Gasteiger partial charge in [-0.15, -0.1) is 0 Å². The summed E-state index contributed by atoms with van der Waals surface area (Å²) < 4.78 is 40.7. The number of anilines is 1. The van der Waals surface area contributed by atoms with Crippen LogP contribution in [0.25, 0.3) is 0 Å². The predicted molar refractivity (Wildman–Crippen MR) is 172 cm³/mol. The maximum absolute atomic E-state index is 14.7. The molecule has 0 aliphatic carbocycles. The average molecular weight is 614 g/mol. The molecule has 0 bridgehead atoms. The second-order valence-electron chi connectivity index (χ2n) is 10.8. The Morgan fingerprint density at radius 3 is 1.82 bits per heavy atom. The second-order valence-corrected chi connectivity index (χ2v) is 12.7. The van der Waals surface area contributed by atoms with Gasteiger partial charge in [0.15, 0.2) is 0 Å². The number of carbonyl (C=O) groups is 1. The first-order chi connectivity index (χ1) is 21.3. The van der Waals surface area contributed by atoms with Crippen LogP contribution in [0.3, 0.4) is 0 Å². The molecule has 0 N–H and O–H groups in total. The fourth-order valence-corrected chi connectivity index (χ4v) is 7.09. The maximum atomic E-state index is 14.7. The standard InChI is InChI=1S/C35H39N3O5S/c1-4-27-15-17-33(18-16-27)44(40,41)38-20-19-36(30-21-31(42-2)23-32(22-30)43-3)26-34(38)35(39)37(24-28-11-7-5-8-12-28)25-29-13-9-6-10-14-29/h5-18,21-23,34H,4,19-20,24-26H2,1-3H3. The van der Waals surface area contributed by atoms with E-state index in [0.717, 1.165) is 28.8 Å². The number of nitrogens with zero attached hydrogens (tertiary/aromatic N) is 3. The van der Waals surface area contributed by atoms with E-state index in [1.54, 1.807) is 37.3 Å². The van der Waals surface area contributed by atoms with Gasteiger partial charge < -0.3 is 19.3 Å². The molecule has 0 saturated carbocycles. The Morgan fingerprint density at radius 1 is 0.773 bits per heavy atom. The third-order valence-electron chi connectivity index (χ3n) is 8.00. The van der Waals surface area contributed by atoms with Crippen molar-refractivity contribution < 1.29 is 22.7 Å². The minimum Gasteiger partial charge on any atom is -0.497 e. The summed E-state index contributed by atoms with van der Waals surface area (Å²) in [6, 6.07) is 31.1. The molecule has 1 unspecified atom stereocenters. The van der Waals surface area contributed by atoms with Gasteiger partial charge in [-0.1, -0.05) is 79.7 Å². The van der Waals surface area contributed by atoms with Gasteiger partial charge in [0.05, 0.1) is 19.1 Å². The summed E-state index contributed by atoms with van der Waals surface area (Å²) in [6.45, 7) is 3.41. The lowest BCUT2D eigenvalue weighted by atomic mass is 10.1. The van der Waals surface area contributed by atoms with Crippen LogP contribution in [0, 0.1) is 0 Å². The van der Waals surface area contributed by atoms with E-state index in [2.05, 4.69) is 0 Å². The highest BCUT2D eigenvalue weighted by molar-refractivity contribution is 7.89. The molecule has 1 heterocycles. The fraction of sp³-hybridized carbons (Fsp3) is 0.286. The van der Waals surface area contributed by atoms with Gasteiger partial charge in [0.25, 0.3) is 0 Å². The SMILES string of the molecule is CCc1ccc(S(=O)(=O)N2CCN(c3cc(OC)cc(OC)c3)CC2C(=O)N(Cc2ccccc2)Cc2ccccc2)cc1. The van der Waals surface area contributed by atoms with Gasteiger partial charge in [0.1, 0.15) is 17.5 Å². The lowest BCUT2D eigenvalue weighted by Crippen LogP contribution is -2.61. The van der Waals surface area contributed by atoms with Crippen molar-refractivity contribution in [2.24, 2.45) is 0 Å². The first kappa shape index (κ1) is 31.1. The van der Waals surface area contributed by atoms with Crippen LogP contribution in [0.4, 0.5) is 5.69 Å². The van der Waals surface area contributed by atoms with E-state index in [1.807, 2.05) is 96.8 Å². The van der Waals surface area contributed by atoms with Crippen molar-refractivity contribution in [1.29, 1.82) is 0 Å². The molecule has 230 valence electrons. The molecule has 1 aliphatic heterocycles. The van der Waals surface area contributed by atoms with Crippen molar-refractivity contribution in [3.8, 4) is 11.5 Å². The molecule has 0 radical (unpaired) electrons. The van der Waals surface area contributed by atoms with Gasteiger partial charge in [-0.25, -0.2) is 8.42 Å². The molecule has 1 aliphatic rings. The summed E-state index contributed by atoms with van der Waals surface area (Å²) in [5.74, 6) is 0.970. The largest absolute Gasteiger partial charge is 0.497 e. The number of ether oxygens (including phenoxy) is 2. The molecule has 4 aromatic carbocycles. The number of rotatable bonds is 11. The number of amides is 1. The van der Waals surface area contributed by atoms with Crippen molar-refractivity contribution in [1.82, 2.24) is 9.21 Å².